The predicted octanol–water partition coefficient (Wildman–Crippen LogP) is 1.76. The Bertz CT molecular complexity index is 641. The second kappa shape index (κ2) is 6.85. The van der Waals surface area contributed by atoms with Crippen molar-refractivity contribution in [3.63, 3.8) is 0 Å². The Morgan fingerprint density at radius 2 is 2.20 bits per heavy atom. The number of hydrogen-bond donors (Lipinski definition) is 1. The molecule has 2 aromatic heterocycles. The summed E-state index contributed by atoms with van der Waals surface area (Å²) in [5, 5.41) is 10.6. The van der Waals surface area contributed by atoms with Crippen LogP contribution in [0.25, 0.3) is 0 Å². The van der Waals surface area contributed by atoms with Crippen LogP contribution in [0.5, 0.6) is 0 Å². The van der Waals surface area contributed by atoms with Gasteiger partial charge in [-0.25, -0.2) is 0 Å². The maximum Gasteiger partial charge on any atom is 0.254 e. The lowest BCUT2D eigenvalue weighted by molar-refractivity contribution is 0.0786. The Labute approximate surface area is 121 Å². The number of hydrogen-bond acceptors (Lipinski definition) is 4. The minimum atomic E-state index is -0.147. The highest BCUT2D eigenvalue weighted by Gasteiger charge is 2.12. The molecule has 5 heteroatoms. The smallest absolute Gasteiger partial charge is 0.254 e. The molecule has 0 aromatic carbocycles. The molecule has 1 amide bonds. The van der Waals surface area contributed by atoms with E-state index in [0.717, 1.165) is 10.4 Å². The van der Waals surface area contributed by atoms with Gasteiger partial charge in [0.25, 0.3) is 5.91 Å². The van der Waals surface area contributed by atoms with Gasteiger partial charge in [-0.1, -0.05) is 11.8 Å². The number of amides is 1. The van der Waals surface area contributed by atoms with Gasteiger partial charge in [-0.15, -0.1) is 11.3 Å². The van der Waals surface area contributed by atoms with Crippen molar-refractivity contribution >= 4 is 17.2 Å². The van der Waals surface area contributed by atoms with Crippen molar-refractivity contribution in [2.24, 2.45) is 0 Å². The molecule has 4 nitrogen and oxygen atoms in total. The van der Waals surface area contributed by atoms with Gasteiger partial charge in [0.1, 0.15) is 6.61 Å². The van der Waals surface area contributed by atoms with Crippen LogP contribution in [0.3, 0.4) is 0 Å². The summed E-state index contributed by atoms with van der Waals surface area (Å²) in [6, 6.07) is 5.33. The van der Waals surface area contributed by atoms with Crippen LogP contribution in [0.2, 0.25) is 0 Å². The molecular formula is C15H14N2O2S. The van der Waals surface area contributed by atoms with Gasteiger partial charge in [-0.2, -0.15) is 0 Å². The Kier molecular flexibility index (Phi) is 4.88. The molecule has 0 fully saturated rings. The standard InChI is InChI=1S/C15H14N2O2S/c1-17(15(19)13-4-6-16-7-5-13)10-14-9-12(11-20-14)3-2-8-18/h4-7,9,11,18H,8,10H2,1H3. The van der Waals surface area contributed by atoms with E-state index in [1.54, 1.807) is 47.8 Å². The summed E-state index contributed by atoms with van der Waals surface area (Å²) in [7, 11) is 1.77. The first-order chi connectivity index (χ1) is 9.70. The van der Waals surface area contributed by atoms with Crippen LogP contribution < -0.4 is 0 Å². The molecule has 20 heavy (non-hydrogen) atoms. The fourth-order valence-corrected chi connectivity index (χ4v) is 2.56. The molecule has 0 unspecified atom stereocenters. The van der Waals surface area contributed by atoms with E-state index in [-0.39, 0.29) is 12.5 Å². The first-order valence-corrected chi connectivity index (χ1v) is 6.91. The maximum atomic E-state index is 12.2. The third kappa shape index (κ3) is 3.67. The van der Waals surface area contributed by atoms with Crippen LogP contribution in [0.4, 0.5) is 0 Å². The first kappa shape index (κ1) is 14.3. The van der Waals surface area contributed by atoms with E-state index in [1.807, 2.05) is 11.4 Å². The van der Waals surface area contributed by atoms with Crippen molar-refractivity contribution in [3.05, 3.63) is 52.0 Å². The summed E-state index contributed by atoms with van der Waals surface area (Å²) < 4.78 is 0. The number of aliphatic hydroxyl groups excluding tert-OH is 1. The zero-order chi connectivity index (χ0) is 14.4. The lowest BCUT2D eigenvalue weighted by Gasteiger charge is -2.15. The average Bonchev–Trinajstić information content (AvgIpc) is 2.92. The lowest BCUT2D eigenvalue weighted by Crippen LogP contribution is -2.25. The monoisotopic (exact) mass is 286 g/mol. The molecule has 0 aliphatic rings. The minimum absolute atomic E-state index is 0.0382. The number of carbonyl (C=O) groups is 1. The van der Waals surface area contributed by atoms with Gasteiger partial charge in [-0.05, 0) is 18.2 Å². The van der Waals surface area contributed by atoms with Crippen molar-refractivity contribution in [2.75, 3.05) is 13.7 Å². The Morgan fingerprint density at radius 1 is 1.45 bits per heavy atom. The van der Waals surface area contributed by atoms with Crippen LogP contribution in [-0.4, -0.2) is 34.6 Å². The zero-order valence-corrected chi connectivity index (χ0v) is 11.9. The zero-order valence-electron chi connectivity index (χ0n) is 11.0. The Balaban J connectivity index is 2.02. The maximum absolute atomic E-state index is 12.2. The molecular weight excluding hydrogens is 272 g/mol. The second-order valence-electron chi connectivity index (χ2n) is 4.16. The second-order valence-corrected chi connectivity index (χ2v) is 5.15. The predicted molar refractivity (Wildman–Crippen MR) is 78.3 cm³/mol. The number of rotatable bonds is 3. The Morgan fingerprint density at radius 3 is 2.90 bits per heavy atom. The molecule has 0 bridgehead atoms. The number of aromatic nitrogens is 1. The number of aliphatic hydroxyl groups is 1. The van der Waals surface area contributed by atoms with E-state index in [4.69, 9.17) is 5.11 Å². The van der Waals surface area contributed by atoms with E-state index in [1.165, 1.54) is 0 Å². The molecule has 2 aromatic rings. The highest BCUT2D eigenvalue weighted by Crippen LogP contribution is 2.16. The van der Waals surface area contributed by atoms with Crippen LogP contribution in [-0.2, 0) is 6.54 Å². The molecule has 0 atom stereocenters. The third-order valence-electron chi connectivity index (χ3n) is 2.63. The fourth-order valence-electron chi connectivity index (χ4n) is 1.69. The van der Waals surface area contributed by atoms with E-state index in [0.29, 0.717) is 12.1 Å². The van der Waals surface area contributed by atoms with Gasteiger partial charge in [-0.3, -0.25) is 9.78 Å². The van der Waals surface area contributed by atoms with Crippen LogP contribution in [0.1, 0.15) is 20.8 Å². The van der Waals surface area contributed by atoms with Crippen LogP contribution in [0, 0.1) is 11.8 Å². The van der Waals surface area contributed by atoms with Crippen LogP contribution >= 0.6 is 11.3 Å². The fraction of sp³-hybridized carbons (Fsp3) is 0.200. The van der Waals surface area contributed by atoms with Crippen molar-refractivity contribution in [3.8, 4) is 11.8 Å². The van der Waals surface area contributed by atoms with E-state index >= 15 is 0 Å². The lowest BCUT2D eigenvalue weighted by atomic mass is 10.2. The number of carbonyl (C=O) groups excluding carboxylic acids is 1. The topological polar surface area (TPSA) is 53.4 Å². The molecule has 0 aliphatic heterocycles. The largest absolute Gasteiger partial charge is 0.384 e. The summed E-state index contributed by atoms with van der Waals surface area (Å²) in [5.41, 5.74) is 1.49. The Hall–Kier alpha value is -2.16. The van der Waals surface area contributed by atoms with Gasteiger partial charge >= 0.3 is 0 Å². The van der Waals surface area contributed by atoms with E-state index in [2.05, 4.69) is 16.8 Å². The minimum Gasteiger partial charge on any atom is -0.384 e. The molecule has 0 spiro atoms. The summed E-state index contributed by atoms with van der Waals surface area (Å²) in [5.74, 6) is 5.41. The molecule has 0 saturated carbocycles. The summed E-state index contributed by atoms with van der Waals surface area (Å²) in [6.45, 7) is 0.387. The van der Waals surface area contributed by atoms with Crippen molar-refractivity contribution < 1.29 is 9.90 Å². The molecule has 2 rings (SSSR count). The highest BCUT2D eigenvalue weighted by atomic mass is 32.1. The summed E-state index contributed by atoms with van der Waals surface area (Å²) in [6.07, 6.45) is 3.21. The molecule has 0 saturated heterocycles. The van der Waals surface area contributed by atoms with Gasteiger partial charge in [0.2, 0.25) is 0 Å². The molecule has 0 radical (unpaired) electrons. The van der Waals surface area contributed by atoms with Gasteiger partial charge in [0, 0.05) is 40.8 Å². The van der Waals surface area contributed by atoms with Gasteiger partial charge < -0.3 is 10.0 Å². The van der Waals surface area contributed by atoms with E-state index in [9.17, 15) is 4.79 Å². The van der Waals surface area contributed by atoms with Crippen molar-refractivity contribution in [1.82, 2.24) is 9.88 Å². The van der Waals surface area contributed by atoms with Gasteiger partial charge in [0.05, 0.1) is 6.54 Å². The number of nitrogens with zero attached hydrogens (tertiary/aromatic N) is 2. The molecule has 1 N–H and O–H groups in total. The third-order valence-corrected chi connectivity index (χ3v) is 3.55. The molecule has 0 aliphatic carbocycles. The van der Waals surface area contributed by atoms with Gasteiger partial charge in [0.15, 0.2) is 0 Å². The molecule has 2 heterocycles. The van der Waals surface area contributed by atoms with E-state index < -0.39 is 0 Å². The first-order valence-electron chi connectivity index (χ1n) is 6.03. The SMILES string of the molecule is CN(Cc1cc(C#CCO)cs1)C(=O)c1ccncc1. The normalized spacial score (nSPS) is 9.70. The van der Waals surface area contributed by atoms with Crippen molar-refractivity contribution in [2.45, 2.75) is 6.54 Å². The summed E-state index contributed by atoms with van der Waals surface area (Å²) in [4.78, 5) is 18.8. The summed E-state index contributed by atoms with van der Waals surface area (Å²) >= 11 is 1.55. The molecule has 102 valence electrons. The quantitative estimate of drug-likeness (QED) is 0.875. The van der Waals surface area contributed by atoms with Crippen molar-refractivity contribution in [1.29, 1.82) is 0 Å². The highest BCUT2D eigenvalue weighted by molar-refractivity contribution is 7.10. The average molecular weight is 286 g/mol. The number of thiophene rings is 1. The van der Waals surface area contributed by atoms with Crippen LogP contribution in [0.15, 0.2) is 36.0 Å². The number of pyridine rings is 1.